The zero-order valence-electron chi connectivity index (χ0n) is 13.5. The molecule has 2 heterocycles. The fourth-order valence-corrected chi connectivity index (χ4v) is 5.55. The highest BCUT2D eigenvalue weighted by atomic mass is 35.5. The number of hydrogen-bond acceptors (Lipinski definition) is 5. The first kappa shape index (κ1) is 18.8. The molecule has 9 heteroatoms. The SMILES string of the molecule is C=CCN(C1CC(=O)N(c2ccc(Cl)cc2)C1=O)S(=O)(=O)c1cccs1. The molecule has 6 nitrogen and oxygen atoms in total. The number of nitrogens with zero attached hydrogens (tertiary/aromatic N) is 2. The second-order valence-corrected chi connectivity index (χ2v) is 9.06. The van der Waals surface area contributed by atoms with Gasteiger partial charge in [0.05, 0.1) is 12.1 Å². The summed E-state index contributed by atoms with van der Waals surface area (Å²) in [5.74, 6) is -1.04. The van der Waals surface area contributed by atoms with Crippen LogP contribution in [-0.2, 0) is 19.6 Å². The number of sulfonamides is 1. The van der Waals surface area contributed by atoms with Crippen molar-refractivity contribution in [1.82, 2.24) is 4.31 Å². The van der Waals surface area contributed by atoms with E-state index in [1.54, 1.807) is 35.7 Å². The van der Waals surface area contributed by atoms with Crippen LogP contribution in [0.3, 0.4) is 0 Å². The Labute approximate surface area is 160 Å². The molecule has 1 aromatic carbocycles. The van der Waals surface area contributed by atoms with Crippen molar-refractivity contribution in [2.24, 2.45) is 0 Å². The summed E-state index contributed by atoms with van der Waals surface area (Å²) in [6.45, 7) is 3.50. The van der Waals surface area contributed by atoms with Crippen molar-refractivity contribution in [1.29, 1.82) is 0 Å². The smallest absolute Gasteiger partial charge is 0.253 e. The van der Waals surface area contributed by atoms with Gasteiger partial charge in [-0.1, -0.05) is 23.7 Å². The Bertz CT molecular complexity index is 940. The van der Waals surface area contributed by atoms with Crippen LogP contribution in [0.15, 0.2) is 58.6 Å². The molecule has 2 aromatic rings. The summed E-state index contributed by atoms with van der Waals surface area (Å²) >= 11 is 6.90. The van der Waals surface area contributed by atoms with Gasteiger partial charge in [-0.2, -0.15) is 4.31 Å². The lowest BCUT2D eigenvalue weighted by Gasteiger charge is -2.25. The maximum absolute atomic E-state index is 12.9. The number of thiophene rings is 1. The molecule has 0 radical (unpaired) electrons. The molecule has 0 bridgehead atoms. The Morgan fingerprint density at radius 1 is 1.27 bits per heavy atom. The first-order valence-electron chi connectivity index (χ1n) is 7.65. The maximum atomic E-state index is 12.9. The fourth-order valence-electron chi connectivity index (χ4n) is 2.75. The monoisotopic (exact) mass is 410 g/mol. The van der Waals surface area contributed by atoms with Crippen LogP contribution in [0.2, 0.25) is 5.02 Å². The van der Waals surface area contributed by atoms with E-state index in [2.05, 4.69) is 6.58 Å². The zero-order valence-corrected chi connectivity index (χ0v) is 15.9. The van der Waals surface area contributed by atoms with Gasteiger partial charge in [-0.25, -0.2) is 13.3 Å². The number of carbonyl (C=O) groups excluding carboxylic acids is 2. The predicted molar refractivity (Wildman–Crippen MR) is 101 cm³/mol. The number of anilines is 1. The minimum absolute atomic E-state index is 0.0711. The molecule has 0 saturated carbocycles. The Morgan fingerprint density at radius 2 is 1.96 bits per heavy atom. The van der Waals surface area contributed by atoms with Crippen LogP contribution in [0.5, 0.6) is 0 Å². The summed E-state index contributed by atoms with van der Waals surface area (Å²) in [5.41, 5.74) is 0.360. The van der Waals surface area contributed by atoms with Crippen molar-refractivity contribution >= 4 is 50.5 Å². The topological polar surface area (TPSA) is 74.8 Å². The molecule has 1 atom stereocenters. The average molecular weight is 411 g/mol. The van der Waals surface area contributed by atoms with E-state index in [9.17, 15) is 18.0 Å². The molecule has 26 heavy (non-hydrogen) atoms. The molecule has 1 saturated heterocycles. The van der Waals surface area contributed by atoms with Gasteiger partial charge in [-0.05, 0) is 35.7 Å². The minimum atomic E-state index is -3.91. The van der Waals surface area contributed by atoms with E-state index in [1.807, 2.05) is 0 Å². The van der Waals surface area contributed by atoms with Gasteiger partial charge < -0.3 is 0 Å². The molecule has 0 spiro atoms. The van der Waals surface area contributed by atoms with E-state index in [0.717, 1.165) is 20.5 Å². The Balaban J connectivity index is 1.96. The highest BCUT2D eigenvalue weighted by molar-refractivity contribution is 7.91. The molecule has 1 fully saturated rings. The molecule has 1 aliphatic rings. The second-order valence-electron chi connectivity index (χ2n) is 5.56. The molecular weight excluding hydrogens is 396 g/mol. The molecule has 1 aliphatic heterocycles. The number of rotatable bonds is 6. The lowest BCUT2D eigenvalue weighted by Crippen LogP contribution is -2.45. The van der Waals surface area contributed by atoms with Crippen LogP contribution in [0.25, 0.3) is 0 Å². The molecule has 0 aliphatic carbocycles. The van der Waals surface area contributed by atoms with E-state index in [0.29, 0.717) is 10.7 Å². The molecule has 3 rings (SSSR count). The zero-order chi connectivity index (χ0) is 18.9. The van der Waals surface area contributed by atoms with Gasteiger partial charge in [-0.15, -0.1) is 17.9 Å². The van der Waals surface area contributed by atoms with E-state index in [1.165, 1.54) is 12.1 Å². The van der Waals surface area contributed by atoms with Gasteiger partial charge in [0, 0.05) is 11.6 Å². The maximum Gasteiger partial charge on any atom is 0.253 e. The van der Waals surface area contributed by atoms with Crippen LogP contribution in [0.4, 0.5) is 5.69 Å². The third-order valence-electron chi connectivity index (χ3n) is 3.92. The van der Waals surface area contributed by atoms with Gasteiger partial charge in [-0.3, -0.25) is 9.59 Å². The van der Waals surface area contributed by atoms with Gasteiger partial charge >= 0.3 is 0 Å². The van der Waals surface area contributed by atoms with Gasteiger partial charge in [0.2, 0.25) is 5.91 Å². The third-order valence-corrected chi connectivity index (χ3v) is 7.42. The Kier molecular flexibility index (Phi) is 5.29. The summed E-state index contributed by atoms with van der Waals surface area (Å²) in [6.07, 6.45) is 1.17. The Morgan fingerprint density at radius 3 is 2.54 bits per heavy atom. The van der Waals surface area contributed by atoms with Crippen molar-refractivity contribution in [3.8, 4) is 0 Å². The van der Waals surface area contributed by atoms with Crippen LogP contribution in [0, 0.1) is 0 Å². The first-order valence-corrected chi connectivity index (χ1v) is 10.3. The van der Waals surface area contributed by atoms with E-state index < -0.39 is 27.9 Å². The quantitative estimate of drug-likeness (QED) is 0.542. The lowest BCUT2D eigenvalue weighted by atomic mass is 10.2. The average Bonchev–Trinajstić information content (AvgIpc) is 3.23. The summed E-state index contributed by atoms with van der Waals surface area (Å²) in [5, 5.41) is 2.11. The van der Waals surface area contributed by atoms with Crippen molar-refractivity contribution < 1.29 is 18.0 Å². The number of halogens is 1. The van der Waals surface area contributed by atoms with E-state index in [-0.39, 0.29) is 17.2 Å². The minimum Gasteiger partial charge on any atom is -0.274 e. The number of imide groups is 1. The summed E-state index contributed by atoms with van der Waals surface area (Å²) < 4.78 is 26.9. The summed E-state index contributed by atoms with van der Waals surface area (Å²) in [7, 11) is -3.91. The molecule has 1 aromatic heterocycles. The predicted octanol–water partition coefficient (Wildman–Crippen LogP) is 2.91. The number of amides is 2. The highest BCUT2D eigenvalue weighted by Crippen LogP contribution is 2.31. The Hall–Kier alpha value is -2.00. The third kappa shape index (κ3) is 3.33. The van der Waals surface area contributed by atoms with Crippen molar-refractivity contribution in [2.45, 2.75) is 16.7 Å². The van der Waals surface area contributed by atoms with Crippen molar-refractivity contribution in [3.63, 3.8) is 0 Å². The summed E-state index contributed by atoms with van der Waals surface area (Å²) in [6, 6.07) is 8.20. The van der Waals surface area contributed by atoms with Crippen LogP contribution in [-0.4, -0.2) is 37.1 Å². The fraction of sp³-hybridized carbons (Fsp3) is 0.176. The molecule has 136 valence electrons. The first-order chi connectivity index (χ1) is 12.4. The standard InChI is InChI=1S/C17H15ClN2O4S2/c1-2-9-19(26(23,24)16-4-3-10-25-16)14-11-15(21)20(17(14)22)13-7-5-12(18)6-8-13/h2-8,10,14H,1,9,11H2. The number of carbonyl (C=O) groups is 2. The number of hydrogen-bond donors (Lipinski definition) is 0. The van der Waals surface area contributed by atoms with Crippen LogP contribution in [0.1, 0.15) is 6.42 Å². The van der Waals surface area contributed by atoms with Crippen molar-refractivity contribution in [3.05, 3.63) is 59.5 Å². The van der Waals surface area contributed by atoms with Crippen LogP contribution < -0.4 is 4.90 Å². The summed E-state index contributed by atoms with van der Waals surface area (Å²) in [4.78, 5) is 26.3. The normalized spacial score (nSPS) is 17.9. The second kappa shape index (κ2) is 7.32. The van der Waals surface area contributed by atoms with Gasteiger partial charge in [0.15, 0.2) is 0 Å². The van der Waals surface area contributed by atoms with Gasteiger partial charge in [0.1, 0.15) is 10.3 Å². The highest BCUT2D eigenvalue weighted by Gasteiger charge is 2.46. The lowest BCUT2D eigenvalue weighted by molar-refractivity contribution is -0.122. The van der Waals surface area contributed by atoms with Crippen LogP contribution >= 0.6 is 22.9 Å². The largest absolute Gasteiger partial charge is 0.274 e. The molecule has 2 amide bonds. The van der Waals surface area contributed by atoms with E-state index in [4.69, 9.17) is 11.6 Å². The number of benzene rings is 1. The van der Waals surface area contributed by atoms with E-state index >= 15 is 0 Å². The molecular formula is C17H15ClN2O4S2. The molecule has 0 N–H and O–H groups in total. The van der Waals surface area contributed by atoms with Crippen molar-refractivity contribution in [2.75, 3.05) is 11.4 Å². The molecule has 1 unspecified atom stereocenters. The van der Waals surface area contributed by atoms with Gasteiger partial charge in [0.25, 0.3) is 15.9 Å².